The number of nitrogens with one attached hydrogen (secondary N) is 1. The molecule has 0 spiro atoms. The third kappa shape index (κ3) is 11.0. The molecule has 7 nitrogen and oxygen atoms in total. The lowest BCUT2D eigenvalue weighted by Crippen LogP contribution is -2.39. The molecule has 0 heterocycles. The second-order valence-corrected chi connectivity index (χ2v) is 10.4. The van der Waals surface area contributed by atoms with Crippen molar-refractivity contribution in [3.05, 3.63) is 133 Å². The van der Waals surface area contributed by atoms with Gasteiger partial charge < -0.3 is 20.1 Å². The Kier molecular flexibility index (Phi) is 13.9. The number of ether oxygens (including phenoxy) is 1. The lowest BCUT2D eigenvalue weighted by atomic mass is 9.96. The molecular formula is C36H42N2O5. The maximum Gasteiger partial charge on any atom is 0.310 e. The van der Waals surface area contributed by atoms with Crippen LogP contribution in [0.3, 0.4) is 0 Å². The van der Waals surface area contributed by atoms with Crippen LogP contribution < -0.4 is 5.32 Å². The molecule has 3 unspecified atom stereocenters. The molecule has 2 N–H and O–H groups in total. The van der Waals surface area contributed by atoms with Crippen molar-refractivity contribution in [3.63, 3.8) is 0 Å². The summed E-state index contributed by atoms with van der Waals surface area (Å²) in [5.74, 6) is -2.03. The zero-order valence-electron chi connectivity index (χ0n) is 24.6. The number of allylic oxidation sites excluding steroid dienone is 2. The van der Waals surface area contributed by atoms with E-state index in [1.54, 1.807) is 17.1 Å². The minimum absolute atomic E-state index is 0.0427. The Morgan fingerprint density at radius 2 is 1.37 bits per heavy atom. The zero-order valence-corrected chi connectivity index (χ0v) is 24.6. The van der Waals surface area contributed by atoms with Crippen molar-refractivity contribution in [1.29, 1.82) is 0 Å². The quantitative estimate of drug-likeness (QED) is 0.154. The molecule has 0 bridgehead atoms. The Morgan fingerprint density at radius 3 is 1.95 bits per heavy atom. The predicted molar refractivity (Wildman–Crippen MR) is 169 cm³/mol. The molecule has 0 saturated heterocycles. The number of amides is 2. The Labute approximate surface area is 254 Å². The first-order valence-electron chi connectivity index (χ1n) is 14.7. The van der Waals surface area contributed by atoms with Crippen LogP contribution in [-0.4, -0.2) is 47.5 Å². The van der Waals surface area contributed by atoms with Crippen molar-refractivity contribution in [3.8, 4) is 0 Å². The molecule has 3 aromatic carbocycles. The summed E-state index contributed by atoms with van der Waals surface area (Å²) < 4.78 is 6.01. The van der Waals surface area contributed by atoms with Gasteiger partial charge in [-0.2, -0.15) is 0 Å². The van der Waals surface area contributed by atoms with E-state index in [9.17, 15) is 19.5 Å². The van der Waals surface area contributed by atoms with E-state index >= 15 is 0 Å². The van der Waals surface area contributed by atoms with Crippen molar-refractivity contribution in [2.75, 3.05) is 19.7 Å². The maximum atomic E-state index is 13.4. The monoisotopic (exact) mass is 582 g/mol. The summed E-state index contributed by atoms with van der Waals surface area (Å²) in [4.78, 5) is 41.5. The van der Waals surface area contributed by atoms with E-state index < -0.39 is 17.9 Å². The van der Waals surface area contributed by atoms with Crippen LogP contribution >= 0.6 is 0 Å². The molecule has 0 radical (unpaired) electrons. The van der Waals surface area contributed by atoms with Gasteiger partial charge in [0.25, 0.3) is 0 Å². The molecule has 0 saturated carbocycles. The highest BCUT2D eigenvalue weighted by Gasteiger charge is 2.27. The summed E-state index contributed by atoms with van der Waals surface area (Å²) in [6.07, 6.45) is 3.83. The highest BCUT2D eigenvalue weighted by Crippen LogP contribution is 2.23. The number of hydrogen-bond acceptors (Lipinski definition) is 5. The lowest BCUT2D eigenvalue weighted by Gasteiger charge is -2.25. The topological polar surface area (TPSA) is 95.9 Å². The lowest BCUT2D eigenvalue weighted by molar-refractivity contribution is -0.154. The second-order valence-electron chi connectivity index (χ2n) is 10.4. The Bertz CT molecular complexity index is 1300. The largest absolute Gasteiger partial charge is 0.455 e. The van der Waals surface area contributed by atoms with Gasteiger partial charge in [-0.1, -0.05) is 103 Å². The van der Waals surface area contributed by atoms with Crippen LogP contribution in [0.25, 0.3) is 0 Å². The van der Waals surface area contributed by atoms with Crippen LogP contribution in [0, 0.1) is 11.8 Å². The van der Waals surface area contributed by atoms with E-state index in [1.165, 1.54) is 0 Å². The summed E-state index contributed by atoms with van der Waals surface area (Å²) in [5.41, 5.74) is 2.71. The molecule has 7 heteroatoms. The number of hydrogen-bond donors (Lipinski definition) is 2. The molecule has 0 fully saturated rings. The third-order valence-corrected chi connectivity index (χ3v) is 7.18. The number of aliphatic hydroxyl groups is 1. The molecule has 3 rings (SSSR count). The predicted octanol–water partition coefficient (Wildman–Crippen LogP) is 5.43. The van der Waals surface area contributed by atoms with E-state index in [4.69, 9.17) is 4.74 Å². The van der Waals surface area contributed by atoms with Gasteiger partial charge in [0.15, 0.2) is 0 Å². The van der Waals surface area contributed by atoms with Crippen molar-refractivity contribution in [1.82, 2.24) is 10.2 Å². The number of benzene rings is 3. The Balaban J connectivity index is 1.69. The van der Waals surface area contributed by atoms with Crippen LogP contribution in [0.15, 0.2) is 116 Å². The van der Waals surface area contributed by atoms with Crippen LogP contribution in [0.1, 0.15) is 42.1 Å². The number of esters is 1. The average molecular weight is 583 g/mol. The van der Waals surface area contributed by atoms with Crippen molar-refractivity contribution in [2.45, 2.75) is 38.3 Å². The summed E-state index contributed by atoms with van der Waals surface area (Å²) >= 11 is 0. The fourth-order valence-corrected chi connectivity index (χ4v) is 4.87. The minimum Gasteiger partial charge on any atom is -0.455 e. The average Bonchev–Trinajstić information content (AvgIpc) is 3.03. The van der Waals surface area contributed by atoms with Gasteiger partial charge in [-0.3, -0.25) is 14.4 Å². The fraction of sp³-hybridized carbons (Fsp3) is 0.306. The molecule has 43 heavy (non-hydrogen) atoms. The first-order valence-corrected chi connectivity index (χ1v) is 14.7. The fourth-order valence-electron chi connectivity index (χ4n) is 4.87. The maximum absolute atomic E-state index is 13.4. The van der Waals surface area contributed by atoms with Gasteiger partial charge in [-0.15, -0.1) is 13.2 Å². The Morgan fingerprint density at radius 1 is 0.814 bits per heavy atom. The van der Waals surface area contributed by atoms with Gasteiger partial charge in [0.2, 0.25) is 11.8 Å². The van der Waals surface area contributed by atoms with E-state index in [0.29, 0.717) is 25.8 Å². The SMILES string of the molecule is C=CCC(CC(=O)N(CCO)Cc1ccccc1)C(=O)NCC(OC(=O)C(CC=C)Cc1ccccc1)c1ccccc1. The van der Waals surface area contributed by atoms with Crippen LogP contribution in [-0.2, 0) is 32.1 Å². The first kappa shape index (κ1) is 33.0. The number of rotatable bonds is 18. The second kappa shape index (κ2) is 18.1. The number of carbonyl (C=O) groups excluding carboxylic acids is 3. The van der Waals surface area contributed by atoms with E-state index in [0.717, 1.165) is 16.7 Å². The third-order valence-electron chi connectivity index (χ3n) is 7.18. The van der Waals surface area contributed by atoms with Gasteiger partial charge >= 0.3 is 5.97 Å². The first-order chi connectivity index (χ1) is 20.9. The van der Waals surface area contributed by atoms with E-state index in [2.05, 4.69) is 18.5 Å². The van der Waals surface area contributed by atoms with Gasteiger partial charge in [0.05, 0.1) is 25.0 Å². The number of aliphatic hydroxyl groups excluding tert-OH is 1. The molecule has 0 aliphatic heterocycles. The molecular weight excluding hydrogens is 540 g/mol. The highest BCUT2D eigenvalue weighted by atomic mass is 16.5. The molecule has 2 amide bonds. The van der Waals surface area contributed by atoms with Gasteiger partial charge in [-0.05, 0) is 36.0 Å². The zero-order chi connectivity index (χ0) is 30.9. The van der Waals surface area contributed by atoms with Crippen LogP contribution in [0.4, 0.5) is 0 Å². The van der Waals surface area contributed by atoms with E-state index in [-0.39, 0.29) is 43.9 Å². The Hall–Kier alpha value is -4.49. The molecule has 3 aromatic rings. The van der Waals surface area contributed by atoms with Crippen LogP contribution in [0.2, 0.25) is 0 Å². The normalized spacial score (nSPS) is 12.8. The smallest absolute Gasteiger partial charge is 0.310 e. The van der Waals surface area contributed by atoms with Gasteiger partial charge in [0.1, 0.15) is 6.10 Å². The molecule has 0 aliphatic carbocycles. The summed E-state index contributed by atoms with van der Waals surface area (Å²) in [6.45, 7) is 7.95. The standard InChI is InChI=1S/C36H42N2O5/c1-3-14-31(25-34(40)38(22-23-39)27-29-18-10-6-11-19-29)35(41)37-26-33(30-20-12-7-13-21-30)43-36(42)32(15-4-2)24-28-16-8-5-9-17-28/h3-13,16-21,31-33,39H,1-2,14-15,22-27H2,(H,37,41). The summed E-state index contributed by atoms with van der Waals surface area (Å²) in [5, 5.41) is 12.5. The molecule has 0 aromatic heterocycles. The minimum atomic E-state index is -0.718. The highest BCUT2D eigenvalue weighted by molar-refractivity contribution is 5.86. The van der Waals surface area contributed by atoms with Gasteiger partial charge in [-0.25, -0.2) is 0 Å². The molecule has 0 aliphatic rings. The van der Waals surface area contributed by atoms with Crippen molar-refractivity contribution < 1.29 is 24.2 Å². The van der Waals surface area contributed by atoms with E-state index in [1.807, 2.05) is 91.0 Å². The van der Waals surface area contributed by atoms with Crippen LogP contribution in [0.5, 0.6) is 0 Å². The summed E-state index contributed by atoms with van der Waals surface area (Å²) in [7, 11) is 0. The van der Waals surface area contributed by atoms with Gasteiger partial charge in [0, 0.05) is 19.5 Å². The number of nitrogens with zero attached hydrogens (tertiary/aromatic N) is 1. The molecule has 226 valence electrons. The summed E-state index contributed by atoms with van der Waals surface area (Å²) in [6, 6.07) is 28.5. The number of carbonyl (C=O) groups is 3. The van der Waals surface area contributed by atoms with Crippen molar-refractivity contribution in [2.24, 2.45) is 11.8 Å². The molecule has 3 atom stereocenters. The van der Waals surface area contributed by atoms with Crippen molar-refractivity contribution >= 4 is 17.8 Å².